The van der Waals surface area contributed by atoms with Gasteiger partial charge in [-0.3, -0.25) is 4.90 Å². The highest BCUT2D eigenvalue weighted by molar-refractivity contribution is 5.68. The molecule has 1 heterocycles. The average Bonchev–Trinajstić information content (AvgIpc) is 2.12. The van der Waals surface area contributed by atoms with E-state index in [9.17, 15) is 4.79 Å². The first-order valence-corrected chi connectivity index (χ1v) is 6.35. The molecule has 1 fully saturated rings. The Morgan fingerprint density at radius 1 is 1.41 bits per heavy atom. The highest BCUT2D eigenvalue weighted by Crippen LogP contribution is 2.25. The van der Waals surface area contributed by atoms with Crippen molar-refractivity contribution in [3.8, 4) is 0 Å². The molecule has 2 atom stereocenters. The van der Waals surface area contributed by atoms with Crippen LogP contribution in [0.25, 0.3) is 0 Å². The molecular formula is C13H26N2O2. The number of carbonyl (C=O) groups is 1. The molecule has 0 aromatic carbocycles. The van der Waals surface area contributed by atoms with Crippen LogP contribution in [0.3, 0.4) is 0 Å². The van der Waals surface area contributed by atoms with Gasteiger partial charge in [0.05, 0.1) is 6.04 Å². The van der Waals surface area contributed by atoms with Gasteiger partial charge in [0.1, 0.15) is 5.60 Å². The van der Waals surface area contributed by atoms with Crippen molar-refractivity contribution in [1.29, 1.82) is 0 Å². The predicted octanol–water partition coefficient (Wildman–Crippen LogP) is 2.33. The van der Waals surface area contributed by atoms with Gasteiger partial charge in [0.25, 0.3) is 0 Å². The molecule has 1 saturated heterocycles. The van der Waals surface area contributed by atoms with Crippen LogP contribution in [0.1, 0.15) is 41.5 Å². The maximum atomic E-state index is 11.9. The topological polar surface area (TPSA) is 32.8 Å². The number of likely N-dealkylation sites (tertiary alicyclic amines) is 1. The molecule has 0 radical (unpaired) electrons. The minimum atomic E-state index is -0.421. The number of likely N-dealkylation sites (N-methyl/N-ethyl adjacent to an activating group) is 1. The summed E-state index contributed by atoms with van der Waals surface area (Å²) in [6.45, 7) is 13.1. The normalized spacial score (nSPS) is 25.6. The van der Waals surface area contributed by atoms with Crippen molar-refractivity contribution in [2.45, 2.75) is 65.3 Å². The van der Waals surface area contributed by atoms with Crippen LogP contribution in [0.2, 0.25) is 0 Å². The van der Waals surface area contributed by atoms with E-state index in [1.54, 1.807) is 4.90 Å². The zero-order valence-electron chi connectivity index (χ0n) is 12.2. The molecular weight excluding hydrogens is 216 g/mol. The lowest BCUT2D eigenvalue weighted by molar-refractivity contribution is -0.0429. The van der Waals surface area contributed by atoms with E-state index in [0.29, 0.717) is 12.1 Å². The zero-order valence-corrected chi connectivity index (χ0v) is 12.2. The SMILES string of the molecule is CC(C)N1CC(N(C)C(=O)OC(C)(C)C)C1C. The van der Waals surface area contributed by atoms with E-state index >= 15 is 0 Å². The van der Waals surface area contributed by atoms with E-state index in [0.717, 1.165) is 6.54 Å². The van der Waals surface area contributed by atoms with E-state index in [1.165, 1.54) is 0 Å². The lowest BCUT2D eigenvalue weighted by Crippen LogP contribution is -2.67. The quantitative estimate of drug-likeness (QED) is 0.745. The summed E-state index contributed by atoms with van der Waals surface area (Å²) in [6.07, 6.45) is -0.224. The van der Waals surface area contributed by atoms with Crippen LogP contribution in [-0.2, 0) is 4.74 Å². The smallest absolute Gasteiger partial charge is 0.410 e. The van der Waals surface area contributed by atoms with Crippen molar-refractivity contribution < 1.29 is 9.53 Å². The molecule has 0 saturated carbocycles. The molecule has 0 bridgehead atoms. The van der Waals surface area contributed by atoms with Crippen LogP contribution in [0.15, 0.2) is 0 Å². The van der Waals surface area contributed by atoms with E-state index in [-0.39, 0.29) is 12.1 Å². The van der Waals surface area contributed by atoms with Crippen molar-refractivity contribution in [2.24, 2.45) is 0 Å². The van der Waals surface area contributed by atoms with Crippen LogP contribution >= 0.6 is 0 Å². The van der Waals surface area contributed by atoms with Gasteiger partial charge in [0, 0.05) is 25.7 Å². The van der Waals surface area contributed by atoms with E-state index in [4.69, 9.17) is 4.74 Å². The minimum Gasteiger partial charge on any atom is -0.444 e. The summed E-state index contributed by atoms with van der Waals surface area (Å²) in [5.74, 6) is 0. The average molecular weight is 242 g/mol. The van der Waals surface area contributed by atoms with E-state index in [2.05, 4.69) is 25.7 Å². The third-order valence-electron chi connectivity index (χ3n) is 3.32. The van der Waals surface area contributed by atoms with Crippen molar-refractivity contribution in [1.82, 2.24) is 9.80 Å². The minimum absolute atomic E-state index is 0.224. The first kappa shape index (κ1) is 14.3. The Morgan fingerprint density at radius 3 is 2.29 bits per heavy atom. The van der Waals surface area contributed by atoms with E-state index in [1.807, 2.05) is 27.8 Å². The number of nitrogens with zero attached hydrogens (tertiary/aromatic N) is 2. The van der Waals surface area contributed by atoms with Crippen molar-refractivity contribution in [3.05, 3.63) is 0 Å². The molecule has 0 aromatic rings. The molecule has 4 heteroatoms. The number of hydrogen-bond acceptors (Lipinski definition) is 3. The second kappa shape index (κ2) is 4.84. The molecule has 1 aliphatic heterocycles. The molecule has 0 N–H and O–H groups in total. The van der Waals surface area contributed by atoms with Gasteiger partial charge in [-0.25, -0.2) is 4.79 Å². The third-order valence-corrected chi connectivity index (χ3v) is 3.32. The molecule has 0 spiro atoms. The van der Waals surface area contributed by atoms with Gasteiger partial charge in [-0.2, -0.15) is 0 Å². The molecule has 1 rings (SSSR count). The molecule has 17 heavy (non-hydrogen) atoms. The third kappa shape index (κ3) is 3.35. The monoisotopic (exact) mass is 242 g/mol. The first-order chi connectivity index (χ1) is 7.63. The van der Waals surface area contributed by atoms with Gasteiger partial charge >= 0.3 is 6.09 Å². The number of amides is 1. The Balaban J connectivity index is 2.50. The summed E-state index contributed by atoms with van der Waals surface area (Å²) in [6, 6.07) is 1.22. The van der Waals surface area contributed by atoms with Gasteiger partial charge < -0.3 is 9.64 Å². The fraction of sp³-hybridized carbons (Fsp3) is 0.923. The zero-order chi connectivity index (χ0) is 13.4. The summed E-state index contributed by atoms with van der Waals surface area (Å²) in [7, 11) is 1.83. The molecule has 4 nitrogen and oxygen atoms in total. The molecule has 1 aliphatic rings. The second-order valence-corrected chi connectivity index (χ2v) is 6.19. The first-order valence-electron chi connectivity index (χ1n) is 6.35. The number of hydrogen-bond donors (Lipinski definition) is 0. The Bertz CT molecular complexity index is 284. The summed E-state index contributed by atoms with van der Waals surface area (Å²) in [5.41, 5.74) is -0.421. The molecule has 1 amide bonds. The van der Waals surface area contributed by atoms with Gasteiger partial charge in [-0.15, -0.1) is 0 Å². The Hall–Kier alpha value is -0.770. The largest absolute Gasteiger partial charge is 0.444 e. The van der Waals surface area contributed by atoms with E-state index < -0.39 is 5.60 Å². The maximum absolute atomic E-state index is 11.9. The van der Waals surface area contributed by atoms with Crippen LogP contribution in [0.4, 0.5) is 4.79 Å². The Morgan fingerprint density at radius 2 is 1.94 bits per heavy atom. The van der Waals surface area contributed by atoms with Crippen molar-refractivity contribution in [3.63, 3.8) is 0 Å². The molecule has 100 valence electrons. The van der Waals surface area contributed by atoms with Crippen LogP contribution in [0.5, 0.6) is 0 Å². The van der Waals surface area contributed by atoms with Gasteiger partial charge in [-0.1, -0.05) is 0 Å². The molecule has 0 aliphatic carbocycles. The van der Waals surface area contributed by atoms with Crippen LogP contribution in [-0.4, -0.2) is 53.2 Å². The van der Waals surface area contributed by atoms with Crippen molar-refractivity contribution >= 4 is 6.09 Å². The van der Waals surface area contributed by atoms with Gasteiger partial charge in [0.2, 0.25) is 0 Å². The standard InChI is InChI=1S/C13H26N2O2/c1-9(2)15-8-11(10(15)3)14(7)12(16)17-13(4,5)6/h9-11H,8H2,1-7H3. The summed E-state index contributed by atoms with van der Waals surface area (Å²) in [5, 5.41) is 0. The second-order valence-electron chi connectivity index (χ2n) is 6.19. The van der Waals surface area contributed by atoms with Crippen LogP contribution < -0.4 is 0 Å². The maximum Gasteiger partial charge on any atom is 0.410 e. The fourth-order valence-corrected chi connectivity index (χ4v) is 2.21. The lowest BCUT2D eigenvalue weighted by atomic mass is 9.95. The Labute approximate surface area is 105 Å². The fourth-order valence-electron chi connectivity index (χ4n) is 2.21. The number of carbonyl (C=O) groups excluding carboxylic acids is 1. The summed E-state index contributed by atoms with van der Waals surface area (Å²) < 4.78 is 5.37. The Kier molecular flexibility index (Phi) is 4.07. The number of ether oxygens (including phenoxy) is 1. The summed E-state index contributed by atoms with van der Waals surface area (Å²) in [4.78, 5) is 16.0. The molecule has 0 aromatic heterocycles. The summed E-state index contributed by atoms with van der Waals surface area (Å²) >= 11 is 0. The van der Waals surface area contributed by atoms with Crippen molar-refractivity contribution in [2.75, 3.05) is 13.6 Å². The molecule has 2 unspecified atom stereocenters. The highest BCUT2D eigenvalue weighted by atomic mass is 16.6. The van der Waals surface area contributed by atoms with Gasteiger partial charge in [-0.05, 0) is 41.5 Å². The highest BCUT2D eigenvalue weighted by Gasteiger charge is 2.41. The predicted molar refractivity (Wildman–Crippen MR) is 69.1 cm³/mol. The number of rotatable bonds is 2. The van der Waals surface area contributed by atoms with Crippen LogP contribution in [0, 0.1) is 0 Å². The lowest BCUT2D eigenvalue weighted by Gasteiger charge is -2.52. The van der Waals surface area contributed by atoms with Gasteiger partial charge in [0.15, 0.2) is 0 Å².